The predicted molar refractivity (Wildman–Crippen MR) is 62.7 cm³/mol. The van der Waals surface area contributed by atoms with Gasteiger partial charge in [-0.3, -0.25) is 0 Å². The molecular formula is C10H18FN5. The van der Waals surface area contributed by atoms with E-state index in [1.807, 2.05) is 0 Å². The number of nitrogens with one attached hydrogen (secondary N) is 1. The van der Waals surface area contributed by atoms with Crippen LogP contribution < -0.4 is 11.1 Å². The number of nitrogens with zero attached hydrogens (tertiary/aromatic N) is 3. The Bertz CT molecular complexity index is 327. The van der Waals surface area contributed by atoms with Gasteiger partial charge in [-0.25, -0.2) is 9.37 Å². The molecule has 0 fully saturated rings. The summed E-state index contributed by atoms with van der Waals surface area (Å²) in [7, 11) is 0. The molecule has 0 aromatic carbocycles. The standard InChI is InChI=1S/C10H18FN5/c1-3-16(4-2)6-5-13-9-8(11)7-14-10(12)15-9/h7H,3-6H2,1-2H3,(H3,12,13,14,15). The second kappa shape index (κ2) is 6.22. The summed E-state index contributed by atoms with van der Waals surface area (Å²) in [6, 6.07) is 0. The molecular weight excluding hydrogens is 209 g/mol. The highest BCUT2D eigenvalue weighted by Gasteiger charge is 2.05. The maximum absolute atomic E-state index is 13.2. The number of hydrogen-bond donors (Lipinski definition) is 2. The lowest BCUT2D eigenvalue weighted by molar-refractivity contribution is 0.315. The normalized spacial score (nSPS) is 10.8. The molecule has 1 heterocycles. The Morgan fingerprint density at radius 3 is 2.75 bits per heavy atom. The lowest BCUT2D eigenvalue weighted by Gasteiger charge is -2.18. The summed E-state index contributed by atoms with van der Waals surface area (Å²) in [5, 5.41) is 2.91. The van der Waals surface area contributed by atoms with E-state index in [1.165, 1.54) is 0 Å². The highest BCUT2D eigenvalue weighted by atomic mass is 19.1. The van der Waals surface area contributed by atoms with Gasteiger partial charge in [0.25, 0.3) is 0 Å². The van der Waals surface area contributed by atoms with Crippen LogP contribution in [0.3, 0.4) is 0 Å². The fourth-order valence-electron chi connectivity index (χ4n) is 1.38. The van der Waals surface area contributed by atoms with Gasteiger partial charge in [-0.15, -0.1) is 0 Å². The van der Waals surface area contributed by atoms with E-state index in [0.717, 1.165) is 25.8 Å². The Kier molecular flexibility index (Phi) is 4.91. The molecule has 1 aromatic heterocycles. The lowest BCUT2D eigenvalue weighted by Crippen LogP contribution is -2.29. The summed E-state index contributed by atoms with van der Waals surface area (Å²) in [5.74, 6) is -0.236. The fourth-order valence-corrected chi connectivity index (χ4v) is 1.38. The summed E-state index contributed by atoms with van der Waals surface area (Å²) in [5.41, 5.74) is 5.37. The number of nitrogen functional groups attached to an aromatic ring is 1. The lowest BCUT2D eigenvalue weighted by atomic mass is 10.4. The van der Waals surface area contributed by atoms with E-state index < -0.39 is 5.82 Å². The molecule has 1 rings (SSSR count). The number of halogens is 1. The van der Waals surface area contributed by atoms with E-state index in [9.17, 15) is 4.39 Å². The van der Waals surface area contributed by atoms with Gasteiger partial charge < -0.3 is 16.0 Å². The SMILES string of the molecule is CCN(CC)CCNc1nc(N)ncc1F. The summed E-state index contributed by atoms with van der Waals surface area (Å²) in [6.07, 6.45) is 1.07. The van der Waals surface area contributed by atoms with E-state index in [2.05, 4.69) is 34.0 Å². The topological polar surface area (TPSA) is 67.1 Å². The van der Waals surface area contributed by atoms with Crippen molar-refractivity contribution >= 4 is 11.8 Å². The Morgan fingerprint density at radius 1 is 1.44 bits per heavy atom. The van der Waals surface area contributed by atoms with Gasteiger partial charge in [0.05, 0.1) is 6.20 Å². The Morgan fingerprint density at radius 2 is 2.12 bits per heavy atom. The monoisotopic (exact) mass is 227 g/mol. The number of anilines is 2. The number of aromatic nitrogens is 2. The number of rotatable bonds is 6. The van der Waals surface area contributed by atoms with Gasteiger partial charge in [0, 0.05) is 13.1 Å². The van der Waals surface area contributed by atoms with Gasteiger partial charge >= 0.3 is 0 Å². The van der Waals surface area contributed by atoms with Crippen LogP contribution in [0.2, 0.25) is 0 Å². The van der Waals surface area contributed by atoms with Crippen molar-refractivity contribution in [3.63, 3.8) is 0 Å². The highest BCUT2D eigenvalue weighted by Crippen LogP contribution is 2.09. The zero-order valence-electron chi connectivity index (χ0n) is 9.70. The summed E-state index contributed by atoms with van der Waals surface area (Å²) in [4.78, 5) is 9.57. The molecule has 0 unspecified atom stereocenters. The van der Waals surface area contributed by atoms with Crippen LogP contribution in [0.15, 0.2) is 6.20 Å². The molecule has 5 nitrogen and oxygen atoms in total. The number of nitrogens with two attached hydrogens (primary N) is 1. The van der Waals surface area contributed by atoms with Gasteiger partial charge in [-0.2, -0.15) is 4.98 Å². The molecule has 0 saturated carbocycles. The quantitative estimate of drug-likeness (QED) is 0.757. The average molecular weight is 227 g/mol. The molecule has 16 heavy (non-hydrogen) atoms. The third-order valence-corrected chi connectivity index (χ3v) is 2.38. The molecule has 1 aromatic rings. The minimum absolute atomic E-state index is 0.0757. The molecule has 0 amide bonds. The van der Waals surface area contributed by atoms with Crippen molar-refractivity contribution < 1.29 is 4.39 Å². The Hall–Kier alpha value is -1.43. The number of hydrogen-bond acceptors (Lipinski definition) is 5. The first kappa shape index (κ1) is 12.6. The summed E-state index contributed by atoms with van der Waals surface area (Å²) >= 11 is 0. The van der Waals surface area contributed by atoms with Crippen LogP contribution in [0.1, 0.15) is 13.8 Å². The molecule has 6 heteroatoms. The van der Waals surface area contributed by atoms with E-state index in [-0.39, 0.29) is 11.8 Å². The van der Waals surface area contributed by atoms with Crippen molar-refractivity contribution in [1.29, 1.82) is 0 Å². The van der Waals surface area contributed by atoms with Crippen molar-refractivity contribution in [2.75, 3.05) is 37.2 Å². The molecule has 0 radical (unpaired) electrons. The van der Waals surface area contributed by atoms with Gasteiger partial charge in [-0.05, 0) is 13.1 Å². The molecule has 0 bridgehead atoms. The van der Waals surface area contributed by atoms with Crippen molar-refractivity contribution in [2.45, 2.75) is 13.8 Å². The van der Waals surface area contributed by atoms with Crippen molar-refractivity contribution in [3.05, 3.63) is 12.0 Å². The van der Waals surface area contributed by atoms with E-state index in [1.54, 1.807) is 0 Å². The first-order valence-corrected chi connectivity index (χ1v) is 5.41. The molecule has 0 spiro atoms. The Labute approximate surface area is 94.9 Å². The van der Waals surface area contributed by atoms with Crippen LogP contribution in [-0.4, -0.2) is 41.0 Å². The molecule has 0 atom stereocenters. The van der Waals surface area contributed by atoms with Crippen molar-refractivity contribution in [3.8, 4) is 0 Å². The maximum atomic E-state index is 13.2. The molecule has 0 aliphatic rings. The van der Waals surface area contributed by atoms with Crippen LogP contribution in [0, 0.1) is 5.82 Å². The summed E-state index contributed by atoms with van der Waals surface area (Å²) in [6.45, 7) is 7.62. The van der Waals surface area contributed by atoms with Gasteiger partial charge in [0.1, 0.15) is 0 Å². The largest absolute Gasteiger partial charge is 0.368 e. The predicted octanol–water partition coefficient (Wildman–Crippen LogP) is 0.952. The smallest absolute Gasteiger partial charge is 0.222 e. The van der Waals surface area contributed by atoms with Crippen LogP contribution in [0.25, 0.3) is 0 Å². The Balaban J connectivity index is 2.45. The van der Waals surface area contributed by atoms with E-state index in [0.29, 0.717) is 6.54 Å². The van der Waals surface area contributed by atoms with Crippen molar-refractivity contribution in [2.24, 2.45) is 0 Å². The molecule has 90 valence electrons. The van der Waals surface area contributed by atoms with Crippen LogP contribution in [-0.2, 0) is 0 Å². The van der Waals surface area contributed by atoms with Gasteiger partial charge in [0.15, 0.2) is 11.6 Å². The fraction of sp³-hybridized carbons (Fsp3) is 0.600. The third-order valence-electron chi connectivity index (χ3n) is 2.38. The van der Waals surface area contributed by atoms with E-state index >= 15 is 0 Å². The third kappa shape index (κ3) is 3.62. The average Bonchev–Trinajstić information content (AvgIpc) is 2.29. The van der Waals surface area contributed by atoms with Gasteiger partial charge in [-0.1, -0.05) is 13.8 Å². The zero-order chi connectivity index (χ0) is 12.0. The molecule has 0 aliphatic carbocycles. The molecule has 0 saturated heterocycles. The maximum Gasteiger partial charge on any atom is 0.222 e. The minimum Gasteiger partial charge on any atom is -0.368 e. The zero-order valence-corrected chi connectivity index (χ0v) is 9.70. The molecule has 0 aliphatic heterocycles. The highest BCUT2D eigenvalue weighted by molar-refractivity contribution is 5.38. The minimum atomic E-state index is -0.478. The number of likely N-dealkylation sites (N-methyl/N-ethyl adjacent to an activating group) is 1. The first-order chi connectivity index (χ1) is 7.67. The van der Waals surface area contributed by atoms with Crippen LogP contribution in [0.5, 0.6) is 0 Å². The second-order valence-corrected chi connectivity index (χ2v) is 3.38. The van der Waals surface area contributed by atoms with E-state index in [4.69, 9.17) is 5.73 Å². The summed E-state index contributed by atoms with van der Waals surface area (Å²) < 4.78 is 13.2. The first-order valence-electron chi connectivity index (χ1n) is 5.41. The molecule has 3 N–H and O–H groups in total. The van der Waals surface area contributed by atoms with Crippen LogP contribution in [0.4, 0.5) is 16.2 Å². The van der Waals surface area contributed by atoms with Crippen LogP contribution >= 0.6 is 0 Å². The second-order valence-electron chi connectivity index (χ2n) is 3.38. The van der Waals surface area contributed by atoms with Crippen molar-refractivity contribution in [1.82, 2.24) is 14.9 Å². The van der Waals surface area contributed by atoms with Gasteiger partial charge in [0.2, 0.25) is 5.95 Å².